The van der Waals surface area contributed by atoms with Crippen LogP contribution >= 0.6 is 0 Å². The lowest BCUT2D eigenvalue weighted by atomic mass is 10.0. The third-order valence-electron chi connectivity index (χ3n) is 3.27. The molecule has 0 spiro atoms. The molecule has 0 amide bonds. The maximum atomic E-state index is 12.1. The fourth-order valence-corrected chi connectivity index (χ4v) is 2.15. The Morgan fingerprint density at radius 1 is 1.00 bits per heavy atom. The first-order valence-corrected chi connectivity index (χ1v) is 6.64. The molecule has 104 valence electrons. The largest absolute Gasteiger partial charge is 0.361 e. The molecular weight excluding hydrogens is 266 g/mol. The first-order chi connectivity index (χ1) is 10.2. The van der Waals surface area contributed by atoms with Crippen molar-refractivity contribution in [3.05, 3.63) is 60.3 Å². The summed E-state index contributed by atoms with van der Waals surface area (Å²) in [5.41, 5.74) is 1.60. The van der Waals surface area contributed by atoms with Gasteiger partial charge in [-0.1, -0.05) is 0 Å². The summed E-state index contributed by atoms with van der Waals surface area (Å²) in [5.74, 6) is -0.111. The molecule has 0 aliphatic rings. The van der Waals surface area contributed by atoms with E-state index in [4.69, 9.17) is 0 Å². The lowest BCUT2D eigenvalue weighted by Gasteiger charge is -2.01. The van der Waals surface area contributed by atoms with Gasteiger partial charge in [-0.05, 0) is 30.3 Å². The minimum Gasteiger partial charge on any atom is -0.361 e. The minimum atomic E-state index is -0.216. The lowest BCUT2D eigenvalue weighted by Crippen LogP contribution is -2.08. The molecule has 5 heteroatoms. The van der Waals surface area contributed by atoms with Crippen molar-refractivity contribution in [1.82, 2.24) is 15.0 Å². The third-order valence-corrected chi connectivity index (χ3v) is 3.27. The normalized spacial score (nSPS) is 10.7. The van der Waals surface area contributed by atoms with Gasteiger partial charge in [0.1, 0.15) is 0 Å². The Hall–Kier alpha value is -2.82. The summed E-state index contributed by atoms with van der Waals surface area (Å²) in [6, 6.07) is 9.02. The van der Waals surface area contributed by atoms with Crippen molar-refractivity contribution in [2.75, 3.05) is 0 Å². The van der Waals surface area contributed by atoms with Gasteiger partial charge in [0, 0.05) is 47.9 Å². The van der Waals surface area contributed by atoms with Gasteiger partial charge in [-0.25, -0.2) is 9.97 Å². The molecule has 5 nitrogen and oxygen atoms in total. The summed E-state index contributed by atoms with van der Waals surface area (Å²) in [5, 5.41) is 0.985. The number of hydrogen-bond acceptors (Lipinski definition) is 4. The number of carbonyl (C=O) groups is 2. The minimum absolute atomic E-state index is 0.0534. The second-order valence-electron chi connectivity index (χ2n) is 4.70. The Labute approximate surface area is 121 Å². The van der Waals surface area contributed by atoms with Gasteiger partial charge in [-0.15, -0.1) is 0 Å². The number of nitrogens with one attached hydrogen (secondary N) is 1. The Bertz CT molecular complexity index is 793. The Morgan fingerprint density at radius 2 is 1.76 bits per heavy atom. The van der Waals surface area contributed by atoms with Crippen LogP contribution in [0.4, 0.5) is 0 Å². The van der Waals surface area contributed by atoms with Gasteiger partial charge >= 0.3 is 0 Å². The topological polar surface area (TPSA) is 75.7 Å². The first kappa shape index (κ1) is 13.2. The smallest absolute Gasteiger partial charge is 0.200 e. The van der Waals surface area contributed by atoms with Crippen molar-refractivity contribution >= 4 is 22.5 Å². The molecule has 0 bridgehead atoms. The van der Waals surface area contributed by atoms with Crippen molar-refractivity contribution < 1.29 is 9.59 Å². The fourth-order valence-electron chi connectivity index (χ4n) is 2.15. The van der Waals surface area contributed by atoms with Crippen molar-refractivity contribution in [1.29, 1.82) is 0 Å². The van der Waals surface area contributed by atoms with E-state index in [2.05, 4.69) is 15.0 Å². The standard InChI is InChI=1S/C16H13N3O2/c20-14(4-5-15(21)16-18-7-1-8-19-16)12-2-3-13-11(10-12)6-9-17-13/h1-3,6-10,17H,4-5H2. The van der Waals surface area contributed by atoms with Gasteiger partial charge in [0.2, 0.25) is 0 Å². The molecule has 3 rings (SSSR count). The average Bonchev–Trinajstić information content (AvgIpc) is 3.00. The SMILES string of the molecule is O=C(CCC(=O)c1ncccn1)c1ccc2[nH]ccc2c1. The molecule has 2 aromatic heterocycles. The molecule has 1 N–H and O–H groups in total. The molecule has 2 heterocycles. The highest BCUT2D eigenvalue weighted by Gasteiger charge is 2.13. The van der Waals surface area contributed by atoms with E-state index < -0.39 is 0 Å². The third kappa shape index (κ3) is 2.86. The second kappa shape index (κ2) is 5.66. The average molecular weight is 279 g/mol. The molecule has 0 fully saturated rings. The molecular formula is C16H13N3O2. The number of aromatic nitrogens is 3. The maximum Gasteiger partial charge on any atom is 0.200 e. The molecule has 0 atom stereocenters. The Morgan fingerprint density at radius 3 is 2.57 bits per heavy atom. The van der Waals surface area contributed by atoms with Gasteiger partial charge in [0.05, 0.1) is 0 Å². The molecule has 0 aliphatic carbocycles. The maximum absolute atomic E-state index is 12.1. The predicted octanol–water partition coefficient (Wildman–Crippen LogP) is 2.80. The number of fused-ring (bicyclic) bond motifs is 1. The van der Waals surface area contributed by atoms with Crippen LogP contribution in [0.15, 0.2) is 48.9 Å². The lowest BCUT2D eigenvalue weighted by molar-refractivity contribution is 0.0912. The second-order valence-corrected chi connectivity index (χ2v) is 4.70. The van der Waals surface area contributed by atoms with Crippen LogP contribution in [0.5, 0.6) is 0 Å². The van der Waals surface area contributed by atoms with E-state index in [1.54, 1.807) is 12.1 Å². The summed E-state index contributed by atoms with van der Waals surface area (Å²) >= 11 is 0. The van der Waals surface area contributed by atoms with Crippen LogP contribution in [0.2, 0.25) is 0 Å². The molecule has 0 saturated carbocycles. The zero-order valence-electron chi connectivity index (χ0n) is 11.2. The van der Waals surface area contributed by atoms with Crippen molar-refractivity contribution in [3.63, 3.8) is 0 Å². The number of rotatable bonds is 5. The number of Topliss-reactive ketones (excluding diaryl/α,β-unsaturated/α-hetero) is 2. The molecule has 0 aliphatic heterocycles. The molecule has 1 aromatic carbocycles. The summed E-state index contributed by atoms with van der Waals surface area (Å²) in [6.45, 7) is 0. The summed E-state index contributed by atoms with van der Waals surface area (Å²) < 4.78 is 0. The number of aromatic amines is 1. The first-order valence-electron chi connectivity index (χ1n) is 6.64. The van der Waals surface area contributed by atoms with Crippen LogP contribution in [-0.4, -0.2) is 26.5 Å². The van der Waals surface area contributed by atoms with E-state index in [-0.39, 0.29) is 30.2 Å². The Balaban J connectivity index is 1.67. The number of carbonyl (C=O) groups excluding carboxylic acids is 2. The van der Waals surface area contributed by atoms with Crippen molar-refractivity contribution in [2.24, 2.45) is 0 Å². The highest BCUT2D eigenvalue weighted by Crippen LogP contribution is 2.16. The van der Waals surface area contributed by atoms with Crippen LogP contribution in [0, 0.1) is 0 Å². The quantitative estimate of drug-likeness (QED) is 0.729. The molecule has 0 radical (unpaired) electrons. The van der Waals surface area contributed by atoms with E-state index in [9.17, 15) is 9.59 Å². The van der Waals surface area contributed by atoms with Gasteiger partial charge in [-0.2, -0.15) is 0 Å². The van der Waals surface area contributed by atoms with Gasteiger partial charge in [0.25, 0.3) is 0 Å². The van der Waals surface area contributed by atoms with Crippen molar-refractivity contribution in [2.45, 2.75) is 12.8 Å². The summed E-state index contributed by atoms with van der Waals surface area (Å²) in [7, 11) is 0. The summed E-state index contributed by atoms with van der Waals surface area (Å²) in [4.78, 5) is 34.9. The van der Waals surface area contributed by atoms with E-state index >= 15 is 0 Å². The molecule has 0 saturated heterocycles. The summed E-state index contributed by atoms with van der Waals surface area (Å²) in [6.07, 6.45) is 5.14. The van der Waals surface area contributed by atoms with Gasteiger partial charge < -0.3 is 4.98 Å². The van der Waals surface area contributed by atoms with E-state index in [1.165, 1.54) is 12.4 Å². The molecule has 0 unspecified atom stereocenters. The Kier molecular flexibility index (Phi) is 3.55. The predicted molar refractivity (Wildman–Crippen MR) is 78.2 cm³/mol. The molecule has 3 aromatic rings. The van der Waals surface area contributed by atoms with E-state index in [0.717, 1.165) is 10.9 Å². The van der Waals surface area contributed by atoms with Gasteiger partial charge in [0.15, 0.2) is 17.4 Å². The van der Waals surface area contributed by atoms with Crippen molar-refractivity contribution in [3.8, 4) is 0 Å². The van der Waals surface area contributed by atoms with E-state index in [1.807, 2.05) is 24.4 Å². The van der Waals surface area contributed by atoms with Crippen LogP contribution < -0.4 is 0 Å². The van der Waals surface area contributed by atoms with Crippen LogP contribution in [0.25, 0.3) is 10.9 Å². The number of ketones is 2. The number of H-pyrrole nitrogens is 1. The van der Waals surface area contributed by atoms with E-state index in [0.29, 0.717) is 5.56 Å². The zero-order chi connectivity index (χ0) is 14.7. The van der Waals surface area contributed by atoms with Gasteiger partial charge in [-0.3, -0.25) is 9.59 Å². The highest BCUT2D eigenvalue weighted by molar-refractivity contribution is 6.02. The zero-order valence-corrected chi connectivity index (χ0v) is 11.2. The monoisotopic (exact) mass is 279 g/mol. The fraction of sp³-hybridized carbons (Fsp3) is 0.125. The van der Waals surface area contributed by atoms with Crippen LogP contribution in [0.3, 0.4) is 0 Å². The number of benzene rings is 1. The number of hydrogen-bond donors (Lipinski definition) is 1. The number of nitrogens with zero attached hydrogens (tertiary/aromatic N) is 2. The van der Waals surface area contributed by atoms with Crippen LogP contribution in [0.1, 0.15) is 33.8 Å². The molecule has 21 heavy (non-hydrogen) atoms. The highest BCUT2D eigenvalue weighted by atomic mass is 16.1. The van der Waals surface area contributed by atoms with Crippen LogP contribution in [-0.2, 0) is 0 Å².